The first kappa shape index (κ1) is 24.0. The lowest BCUT2D eigenvalue weighted by molar-refractivity contribution is 0.794. The van der Waals surface area contributed by atoms with Crippen LogP contribution in [0.3, 0.4) is 0 Å². The van der Waals surface area contributed by atoms with Crippen molar-refractivity contribution in [3.63, 3.8) is 0 Å². The van der Waals surface area contributed by atoms with Crippen LogP contribution in [0.25, 0.3) is 56.2 Å². The lowest BCUT2D eigenvalue weighted by Gasteiger charge is -2.30. The van der Waals surface area contributed by atoms with Crippen LogP contribution in [0, 0.1) is 0 Å². The van der Waals surface area contributed by atoms with E-state index in [1.54, 1.807) is 0 Å². The Morgan fingerprint density at radius 2 is 0.814 bits per heavy atom. The summed E-state index contributed by atoms with van der Waals surface area (Å²) in [6.07, 6.45) is 0. The first-order valence-electron chi connectivity index (χ1n) is 14.8. The van der Waals surface area contributed by atoms with Gasteiger partial charge < -0.3 is 0 Å². The standard InChI is InChI=1S/C41H26N2/c1-3-14-27(15-4-1)37-26-38(43-40(42-37)28-16-5-2-6-17-28)32-21-13-25-36-39(32)31-20-9-12-24-35(31)41(36)33-22-10-7-18-29(33)30-19-8-11-23-34(30)41/h1-26H. The molecule has 0 fully saturated rings. The van der Waals surface area contributed by atoms with Gasteiger partial charge in [-0.2, -0.15) is 0 Å². The van der Waals surface area contributed by atoms with Gasteiger partial charge in [-0.3, -0.25) is 0 Å². The molecular weight excluding hydrogens is 520 g/mol. The summed E-state index contributed by atoms with van der Waals surface area (Å²) >= 11 is 0. The summed E-state index contributed by atoms with van der Waals surface area (Å²) in [4.78, 5) is 10.3. The normalized spacial score (nSPS) is 13.3. The summed E-state index contributed by atoms with van der Waals surface area (Å²) in [5.74, 6) is 0.729. The predicted octanol–water partition coefficient (Wildman–Crippen LogP) is 9.82. The van der Waals surface area contributed by atoms with Crippen LogP contribution in [0.1, 0.15) is 22.3 Å². The molecule has 1 spiro atoms. The number of benzene rings is 6. The fourth-order valence-electron chi connectivity index (χ4n) is 7.42. The van der Waals surface area contributed by atoms with Gasteiger partial charge in [0.25, 0.3) is 0 Å². The molecule has 9 rings (SSSR count). The number of aromatic nitrogens is 2. The van der Waals surface area contributed by atoms with Crippen LogP contribution in [0.15, 0.2) is 158 Å². The number of hydrogen-bond donors (Lipinski definition) is 0. The van der Waals surface area contributed by atoms with E-state index in [0.717, 1.165) is 33.9 Å². The molecule has 2 aliphatic carbocycles. The largest absolute Gasteiger partial charge is 0.228 e. The summed E-state index contributed by atoms with van der Waals surface area (Å²) in [6, 6.07) is 56.4. The maximum Gasteiger partial charge on any atom is 0.160 e. The van der Waals surface area contributed by atoms with Gasteiger partial charge in [-0.1, -0.05) is 152 Å². The van der Waals surface area contributed by atoms with Crippen LogP contribution < -0.4 is 0 Å². The molecule has 200 valence electrons. The molecule has 0 saturated heterocycles. The van der Waals surface area contributed by atoms with Gasteiger partial charge in [0.05, 0.1) is 16.8 Å². The summed E-state index contributed by atoms with van der Waals surface area (Å²) in [7, 11) is 0. The van der Waals surface area contributed by atoms with E-state index >= 15 is 0 Å². The molecule has 43 heavy (non-hydrogen) atoms. The highest BCUT2D eigenvalue weighted by Crippen LogP contribution is 2.63. The topological polar surface area (TPSA) is 25.8 Å². The Hall–Kier alpha value is -5.60. The van der Waals surface area contributed by atoms with E-state index in [0.29, 0.717) is 0 Å². The number of rotatable bonds is 3. The quantitative estimate of drug-likeness (QED) is 0.220. The van der Waals surface area contributed by atoms with E-state index in [9.17, 15) is 0 Å². The fourth-order valence-corrected chi connectivity index (χ4v) is 7.42. The molecule has 2 aliphatic rings. The Morgan fingerprint density at radius 3 is 1.47 bits per heavy atom. The van der Waals surface area contributed by atoms with Crippen molar-refractivity contribution < 1.29 is 0 Å². The first-order valence-corrected chi connectivity index (χ1v) is 14.8. The molecule has 0 aliphatic heterocycles. The third-order valence-electron chi connectivity index (χ3n) is 9.12. The van der Waals surface area contributed by atoms with Gasteiger partial charge in [0, 0.05) is 16.7 Å². The molecule has 1 heterocycles. The van der Waals surface area contributed by atoms with E-state index in [1.807, 2.05) is 24.3 Å². The van der Waals surface area contributed by atoms with E-state index < -0.39 is 0 Å². The Morgan fingerprint density at radius 1 is 0.349 bits per heavy atom. The third-order valence-corrected chi connectivity index (χ3v) is 9.12. The van der Waals surface area contributed by atoms with Crippen molar-refractivity contribution in [2.75, 3.05) is 0 Å². The van der Waals surface area contributed by atoms with Crippen LogP contribution in [0.5, 0.6) is 0 Å². The molecular formula is C41H26N2. The summed E-state index contributed by atoms with van der Waals surface area (Å²) in [5, 5.41) is 0. The van der Waals surface area contributed by atoms with Crippen molar-refractivity contribution >= 4 is 0 Å². The minimum Gasteiger partial charge on any atom is -0.228 e. The molecule has 0 bridgehead atoms. The van der Waals surface area contributed by atoms with E-state index in [4.69, 9.17) is 9.97 Å². The average molecular weight is 547 g/mol. The zero-order chi connectivity index (χ0) is 28.4. The molecule has 0 saturated carbocycles. The summed E-state index contributed by atoms with van der Waals surface area (Å²) < 4.78 is 0. The van der Waals surface area contributed by atoms with Gasteiger partial charge in [0.1, 0.15) is 0 Å². The van der Waals surface area contributed by atoms with Gasteiger partial charge in [0.15, 0.2) is 5.82 Å². The van der Waals surface area contributed by atoms with E-state index in [-0.39, 0.29) is 5.41 Å². The molecule has 0 radical (unpaired) electrons. The summed E-state index contributed by atoms with van der Waals surface area (Å²) in [5.41, 5.74) is 15.1. The molecule has 6 aromatic carbocycles. The molecule has 0 N–H and O–H groups in total. The van der Waals surface area contributed by atoms with E-state index in [2.05, 4.69) is 133 Å². The van der Waals surface area contributed by atoms with Gasteiger partial charge in [-0.15, -0.1) is 0 Å². The lowest BCUT2D eigenvalue weighted by atomic mass is 9.70. The highest BCUT2D eigenvalue weighted by atomic mass is 14.9. The molecule has 0 unspecified atom stereocenters. The van der Waals surface area contributed by atoms with Gasteiger partial charge in [-0.25, -0.2) is 9.97 Å². The Bertz CT molecular complexity index is 2080. The Kier molecular flexibility index (Phi) is 5.15. The van der Waals surface area contributed by atoms with Crippen molar-refractivity contribution in [1.29, 1.82) is 0 Å². The zero-order valence-corrected chi connectivity index (χ0v) is 23.4. The fraction of sp³-hybridized carbons (Fsp3) is 0.0244. The smallest absolute Gasteiger partial charge is 0.160 e. The molecule has 2 heteroatoms. The Balaban J connectivity index is 1.37. The average Bonchev–Trinajstić information content (AvgIpc) is 3.56. The highest BCUT2D eigenvalue weighted by Gasteiger charge is 2.52. The first-order chi connectivity index (χ1) is 21.3. The number of fused-ring (bicyclic) bond motifs is 10. The number of hydrogen-bond acceptors (Lipinski definition) is 2. The SMILES string of the molecule is c1ccc(-c2cc(-c3cccc4c3-c3ccccc3C43c4ccccc4-c4ccccc43)nc(-c3ccccc3)n2)cc1. The molecule has 0 amide bonds. The van der Waals surface area contributed by atoms with Crippen LogP contribution in [-0.2, 0) is 5.41 Å². The predicted molar refractivity (Wildman–Crippen MR) is 175 cm³/mol. The third kappa shape index (κ3) is 3.35. The molecule has 7 aromatic rings. The highest BCUT2D eigenvalue weighted by molar-refractivity contribution is 5.99. The zero-order valence-electron chi connectivity index (χ0n) is 23.4. The molecule has 0 atom stereocenters. The van der Waals surface area contributed by atoms with Gasteiger partial charge in [-0.05, 0) is 50.6 Å². The maximum atomic E-state index is 5.24. The van der Waals surface area contributed by atoms with Crippen molar-refractivity contribution in [2.24, 2.45) is 0 Å². The molecule has 1 aromatic heterocycles. The van der Waals surface area contributed by atoms with Gasteiger partial charge >= 0.3 is 0 Å². The second-order valence-electron chi connectivity index (χ2n) is 11.3. The van der Waals surface area contributed by atoms with E-state index in [1.165, 1.54) is 44.5 Å². The summed E-state index contributed by atoms with van der Waals surface area (Å²) in [6.45, 7) is 0. The second kappa shape index (κ2) is 9.20. The minimum atomic E-state index is -0.382. The van der Waals surface area contributed by atoms with Crippen LogP contribution in [-0.4, -0.2) is 9.97 Å². The van der Waals surface area contributed by atoms with Crippen LogP contribution in [0.2, 0.25) is 0 Å². The van der Waals surface area contributed by atoms with Crippen LogP contribution in [0.4, 0.5) is 0 Å². The van der Waals surface area contributed by atoms with Gasteiger partial charge in [0.2, 0.25) is 0 Å². The lowest BCUT2D eigenvalue weighted by Crippen LogP contribution is -2.25. The number of nitrogens with zero attached hydrogens (tertiary/aromatic N) is 2. The maximum absolute atomic E-state index is 5.24. The monoisotopic (exact) mass is 546 g/mol. The molecule has 2 nitrogen and oxygen atoms in total. The minimum absolute atomic E-state index is 0.382. The van der Waals surface area contributed by atoms with Crippen molar-refractivity contribution in [2.45, 2.75) is 5.41 Å². The van der Waals surface area contributed by atoms with Crippen LogP contribution >= 0.6 is 0 Å². The van der Waals surface area contributed by atoms with Crippen molar-refractivity contribution in [3.8, 4) is 56.2 Å². The van der Waals surface area contributed by atoms with Crippen molar-refractivity contribution in [3.05, 3.63) is 180 Å². The Labute approximate surface area is 251 Å². The van der Waals surface area contributed by atoms with Crippen molar-refractivity contribution in [1.82, 2.24) is 9.97 Å². The second-order valence-corrected chi connectivity index (χ2v) is 11.3.